The Bertz CT molecular complexity index is 397. The van der Waals surface area contributed by atoms with Gasteiger partial charge in [-0.3, -0.25) is 9.78 Å². The first-order valence-corrected chi connectivity index (χ1v) is 5.32. The van der Waals surface area contributed by atoms with Crippen LogP contribution in [0.2, 0.25) is 0 Å². The lowest BCUT2D eigenvalue weighted by Gasteiger charge is -2.15. The summed E-state index contributed by atoms with van der Waals surface area (Å²) in [5.74, 6) is -0.415. The fourth-order valence-corrected chi connectivity index (χ4v) is 1.87. The minimum atomic E-state index is -0.512. The first kappa shape index (κ1) is 11.0. The van der Waals surface area contributed by atoms with E-state index in [1.165, 1.54) is 12.3 Å². The van der Waals surface area contributed by atoms with Crippen molar-refractivity contribution in [2.24, 2.45) is 5.92 Å². The number of nitrogens with zero attached hydrogens (tertiary/aromatic N) is 1. The zero-order valence-corrected chi connectivity index (χ0v) is 9.03. The van der Waals surface area contributed by atoms with Crippen molar-refractivity contribution >= 4 is 11.6 Å². The molecule has 0 aliphatic carbocycles. The SMILES string of the molecule is CC1CCNC1C(=O)Nc1ccncc1F. The molecule has 2 heterocycles. The summed E-state index contributed by atoms with van der Waals surface area (Å²) in [6, 6.07) is 1.22. The molecule has 1 saturated heterocycles. The summed E-state index contributed by atoms with van der Waals surface area (Å²) in [5, 5.41) is 5.66. The van der Waals surface area contributed by atoms with Gasteiger partial charge >= 0.3 is 0 Å². The number of halogens is 1. The van der Waals surface area contributed by atoms with Gasteiger partial charge in [0.1, 0.15) is 0 Å². The van der Waals surface area contributed by atoms with E-state index in [1.54, 1.807) is 0 Å². The number of hydrogen-bond donors (Lipinski definition) is 2. The van der Waals surface area contributed by atoms with Crippen molar-refractivity contribution in [2.45, 2.75) is 19.4 Å². The number of amides is 1. The van der Waals surface area contributed by atoms with Gasteiger partial charge in [-0.05, 0) is 24.9 Å². The van der Waals surface area contributed by atoms with E-state index in [-0.39, 0.29) is 23.6 Å². The van der Waals surface area contributed by atoms with Crippen LogP contribution in [0, 0.1) is 11.7 Å². The van der Waals surface area contributed by atoms with Gasteiger partial charge in [-0.25, -0.2) is 4.39 Å². The molecule has 2 N–H and O–H groups in total. The number of hydrogen-bond acceptors (Lipinski definition) is 3. The standard InChI is InChI=1S/C11H14FN3O/c1-7-2-5-14-10(7)11(16)15-9-3-4-13-6-8(9)12/h3-4,6-7,10,14H,2,5H2,1H3,(H,13,15,16). The highest BCUT2D eigenvalue weighted by molar-refractivity contribution is 5.95. The van der Waals surface area contributed by atoms with Gasteiger partial charge in [-0.2, -0.15) is 0 Å². The van der Waals surface area contributed by atoms with Gasteiger partial charge in [0.15, 0.2) is 5.82 Å². The maximum Gasteiger partial charge on any atom is 0.241 e. The molecule has 16 heavy (non-hydrogen) atoms. The fraction of sp³-hybridized carbons (Fsp3) is 0.455. The zero-order valence-electron chi connectivity index (χ0n) is 9.03. The van der Waals surface area contributed by atoms with Crippen molar-refractivity contribution in [3.05, 3.63) is 24.3 Å². The quantitative estimate of drug-likeness (QED) is 0.791. The molecule has 1 aliphatic rings. The third-order valence-corrected chi connectivity index (χ3v) is 2.85. The molecule has 4 nitrogen and oxygen atoms in total. The summed E-state index contributed by atoms with van der Waals surface area (Å²) >= 11 is 0. The highest BCUT2D eigenvalue weighted by atomic mass is 19.1. The van der Waals surface area contributed by atoms with Crippen LogP contribution in [0.3, 0.4) is 0 Å². The van der Waals surface area contributed by atoms with Crippen molar-refractivity contribution in [3.8, 4) is 0 Å². The van der Waals surface area contributed by atoms with Crippen LogP contribution >= 0.6 is 0 Å². The third-order valence-electron chi connectivity index (χ3n) is 2.85. The van der Waals surface area contributed by atoms with Gasteiger partial charge < -0.3 is 10.6 Å². The Balaban J connectivity index is 2.05. The number of aromatic nitrogens is 1. The number of nitrogens with one attached hydrogen (secondary N) is 2. The van der Waals surface area contributed by atoms with E-state index in [4.69, 9.17) is 0 Å². The molecular weight excluding hydrogens is 209 g/mol. The summed E-state index contributed by atoms with van der Waals surface area (Å²) in [6.45, 7) is 2.84. The molecule has 0 saturated carbocycles. The maximum atomic E-state index is 13.2. The summed E-state index contributed by atoms with van der Waals surface area (Å²) in [6.07, 6.45) is 3.50. The number of pyridine rings is 1. The molecule has 0 radical (unpaired) electrons. The monoisotopic (exact) mass is 223 g/mol. The molecule has 0 bridgehead atoms. The van der Waals surface area contributed by atoms with E-state index >= 15 is 0 Å². The van der Waals surface area contributed by atoms with E-state index in [0.717, 1.165) is 19.2 Å². The Morgan fingerprint density at radius 2 is 2.50 bits per heavy atom. The van der Waals surface area contributed by atoms with Gasteiger partial charge in [-0.1, -0.05) is 6.92 Å². The van der Waals surface area contributed by atoms with Crippen LogP contribution in [0.15, 0.2) is 18.5 Å². The summed E-state index contributed by atoms with van der Waals surface area (Å²) < 4.78 is 13.2. The summed E-state index contributed by atoms with van der Waals surface area (Å²) in [7, 11) is 0. The Morgan fingerprint density at radius 1 is 1.69 bits per heavy atom. The Hall–Kier alpha value is -1.49. The first-order valence-electron chi connectivity index (χ1n) is 5.32. The second-order valence-electron chi connectivity index (χ2n) is 4.04. The number of anilines is 1. The van der Waals surface area contributed by atoms with Crippen LogP contribution in [-0.2, 0) is 4.79 Å². The Labute approximate surface area is 93.3 Å². The van der Waals surface area contributed by atoms with Crippen LogP contribution in [0.5, 0.6) is 0 Å². The third kappa shape index (κ3) is 2.19. The average Bonchev–Trinajstić information content (AvgIpc) is 2.68. The molecule has 5 heteroatoms. The minimum absolute atomic E-state index is 0.181. The molecule has 2 unspecified atom stereocenters. The van der Waals surface area contributed by atoms with Crippen LogP contribution in [-0.4, -0.2) is 23.5 Å². The van der Waals surface area contributed by atoms with Crippen molar-refractivity contribution < 1.29 is 9.18 Å². The largest absolute Gasteiger partial charge is 0.322 e. The fourth-order valence-electron chi connectivity index (χ4n) is 1.87. The molecule has 1 aromatic rings. The number of carbonyl (C=O) groups excluding carboxylic acids is 1. The molecule has 2 rings (SSSR count). The van der Waals surface area contributed by atoms with Gasteiger partial charge in [-0.15, -0.1) is 0 Å². The molecule has 1 fully saturated rings. The lowest BCUT2D eigenvalue weighted by molar-refractivity contribution is -0.118. The lowest BCUT2D eigenvalue weighted by Crippen LogP contribution is -2.39. The van der Waals surface area contributed by atoms with Gasteiger partial charge in [0.25, 0.3) is 0 Å². The van der Waals surface area contributed by atoms with Crippen LogP contribution in [0.25, 0.3) is 0 Å². The number of carbonyl (C=O) groups is 1. The van der Waals surface area contributed by atoms with Crippen molar-refractivity contribution in [1.82, 2.24) is 10.3 Å². The topological polar surface area (TPSA) is 54.0 Å². The second kappa shape index (κ2) is 4.57. The molecule has 86 valence electrons. The zero-order chi connectivity index (χ0) is 11.5. The molecule has 2 atom stereocenters. The predicted molar refractivity (Wildman–Crippen MR) is 58.4 cm³/mol. The summed E-state index contributed by atoms with van der Waals surface area (Å²) in [5.41, 5.74) is 0.181. The average molecular weight is 223 g/mol. The van der Waals surface area contributed by atoms with Gasteiger partial charge in [0, 0.05) is 6.20 Å². The van der Waals surface area contributed by atoms with Crippen molar-refractivity contribution in [1.29, 1.82) is 0 Å². The van der Waals surface area contributed by atoms with E-state index in [1.807, 2.05) is 6.92 Å². The molecule has 1 aliphatic heterocycles. The van der Waals surface area contributed by atoms with Crippen molar-refractivity contribution in [3.63, 3.8) is 0 Å². The molecule has 1 aromatic heterocycles. The summed E-state index contributed by atoms with van der Waals surface area (Å²) in [4.78, 5) is 15.4. The van der Waals surface area contributed by atoms with E-state index in [0.29, 0.717) is 0 Å². The molecule has 1 amide bonds. The van der Waals surface area contributed by atoms with Gasteiger partial charge in [0.2, 0.25) is 5.91 Å². The normalized spacial score (nSPS) is 24.4. The minimum Gasteiger partial charge on any atom is -0.322 e. The number of rotatable bonds is 2. The second-order valence-corrected chi connectivity index (χ2v) is 4.04. The highest BCUT2D eigenvalue weighted by Crippen LogP contribution is 2.17. The Morgan fingerprint density at radius 3 is 3.12 bits per heavy atom. The van der Waals surface area contributed by atoms with E-state index < -0.39 is 5.82 Å². The highest BCUT2D eigenvalue weighted by Gasteiger charge is 2.29. The molecular formula is C11H14FN3O. The molecule has 0 spiro atoms. The van der Waals surface area contributed by atoms with Crippen molar-refractivity contribution in [2.75, 3.05) is 11.9 Å². The van der Waals surface area contributed by atoms with E-state index in [9.17, 15) is 9.18 Å². The Kier molecular flexibility index (Phi) is 3.14. The smallest absolute Gasteiger partial charge is 0.241 e. The van der Waals surface area contributed by atoms with Crippen LogP contribution in [0.4, 0.5) is 10.1 Å². The van der Waals surface area contributed by atoms with E-state index in [2.05, 4.69) is 15.6 Å². The maximum absolute atomic E-state index is 13.2. The first-order chi connectivity index (χ1) is 7.68. The lowest BCUT2D eigenvalue weighted by atomic mass is 10.0. The predicted octanol–water partition coefficient (Wildman–Crippen LogP) is 1.16. The van der Waals surface area contributed by atoms with Crippen LogP contribution < -0.4 is 10.6 Å². The van der Waals surface area contributed by atoms with Gasteiger partial charge in [0.05, 0.1) is 17.9 Å². The van der Waals surface area contributed by atoms with Crippen LogP contribution in [0.1, 0.15) is 13.3 Å². The molecule has 0 aromatic carbocycles.